The van der Waals surface area contributed by atoms with Crippen LogP contribution < -0.4 is 10.2 Å². The number of benzene rings is 1. The molecule has 1 aromatic rings. The Morgan fingerprint density at radius 3 is 2.54 bits per heavy atom. The molecule has 28 heavy (non-hydrogen) atoms. The minimum atomic E-state index is 0. The first-order valence-corrected chi connectivity index (χ1v) is 9.76. The number of carbonyl (C=O) groups is 1. The van der Waals surface area contributed by atoms with E-state index in [4.69, 9.17) is 0 Å². The van der Waals surface area contributed by atoms with E-state index in [1.807, 2.05) is 24.1 Å². The third-order valence-electron chi connectivity index (χ3n) is 4.85. The number of aliphatic imine (C=N–C) groups is 1. The molecule has 1 saturated heterocycles. The van der Waals surface area contributed by atoms with Gasteiger partial charge in [0.05, 0.1) is 0 Å². The Hall–Kier alpha value is -1.77. The van der Waals surface area contributed by atoms with E-state index < -0.39 is 0 Å². The SMILES string of the molecule is C=CCCCN(C)C(=NC)NCCC(=O)N1CCN(c2ccccc2)CC1.I. The molecule has 0 atom stereocenters. The molecule has 0 saturated carbocycles. The zero-order valence-corrected chi connectivity index (χ0v) is 19.5. The predicted molar refractivity (Wildman–Crippen MR) is 129 cm³/mol. The molecule has 1 aliphatic rings. The molecule has 1 N–H and O–H groups in total. The van der Waals surface area contributed by atoms with Crippen molar-refractivity contribution in [3.05, 3.63) is 43.0 Å². The highest BCUT2D eigenvalue weighted by atomic mass is 127. The number of hydrogen-bond acceptors (Lipinski definition) is 3. The van der Waals surface area contributed by atoms with Crippen LogP contribution in [0.5, 0.6) is 0 Å². The van der Waals surface area contributed by atoms with E-state index in [9.17, 15) is 4.79 Å². The van der Waals surface area contributed by atoms with Crippen LogP contribution in [-0.2, 0) is 4.79 Å². The molecule has 1 fully saturated rings. The van der Waals surface area contributed by atoms with Gasteiger partial charge >= 0.3 is 0 Å². The Kier molecular flexibility index (Phi) is 11.6. The summed E-state index contributed by atoms with van der Waals surface area (Å²) in [7, 11) is 3.79. The maximum atomic E-state index is 12.5. The molecule has 1 amide bonds. The second-order valence-corrected chi connectivity index (χ2v) is 6.78. The Morgan fingerprint density at radius 2 is 1.93 bits per heavy atom. The van der Waals surface area contributed by atoms with E-state index in [-0.39, 0.29) is 29.9 Å². The number of carbonyl (C=O) groups excluding carboxylic acids is 1. The van der Waals surface area contributed by atoms with E-state index in [1.165, 1.54) is 5.69 Å². The van der Waals surface area contributed by atoms with Crippen LogP contribution in [0.3, 0.4) is 0 Å². The van der Waals surface area contributed by atoms with Crippen molar-refractivity contribution in [1.82, 2.24) is 15.1 Å². The quantitative estimate of drug-likeness (QED) is 0.197. The van der Waals surface area contributed by atoms with E-state index in [1.54, 1.807) is 7.05 Å². The largest absolute Gasteiger partial charge is 0.368 e. The fourth-order valence-electron chi connectivity index (χ4n) is 3.26. The van der Waals surface area contributed by atoms with E-state index >= 15 is 0 Å². The molecule has 1 heterocycles. The molecule has 156 valence electrons. The highest BCUT2D eigenvalue weighted by molar-refractivity contribution is 14.0. The Balaban J connectivity index is 0.00000392. The van der Waals surface area contributed by atoms with Gasteiger partial charge in [-0.15, -0.1) is 30.6 Å². The second-order valence-electron chi connectivity index (χ2n) is 6.78. The lowest BCUT2D eigenvalue weighted by Gasteiger charge is -2.36. The fraction of sp³-hybridized carbons (Fsp3) is 0.524. The molecule has 1 aliphatic heterocycles. The van der Waals surface area contributed by atoms with Crippen molar-refractivity contribution in [2.45, 2.75) is 19.3 Å². The number of halogens is 1. The van der Waals surface area contributed by atoms with Crippen molar-refractivity contribution >= 4 is 41.5 Å². The highest BCUT2D eigenvalue weighted by Gasteiger charge is 2.21. The minimum absolute atomic E-state index is 0. The zero-order valence-electron chi connectivity index (χ0n) is 17.1. The summed E-state index contributed by atoms with van der Waals surface area (Å²) < 4.78 is 0. The summed E-state index contributed by atoms with van der Waals surface area (Å²) in [5.41, 5.74) is 1.23. The number of piperazine rings is 1. The van der Waals surface area contributed by atoms with Crippen LogP contribution >= 0.6 is 24.0 Å². The summed E-state index contributed by atoms with van der Waals surface area (Å²) in [6, 6.07) is 10.4. The maximum Gasteiger partial charge on any atom is 0.224 e. The number of allylic oxidation sites excluding steroid dienone is 1. The first-order valence-electron chi connectivity index (χ1n) is 9.76. The fourth-order valence-corrected chi connectivity index (χ4v) is 3.26. The van der Waals surface area contributed by atoms with Crippen LogP contribution in [0.2, 0.25) is 0 Å². The summed E-state index contributed by atoms with van der Waals surface area (Å²) in [6.07, 6.45) is 4.46. The summed E-state index contributed by atoms with van der Waals surface area (Å²) in [6.45, 7) is 8.61. The van der Waals surface area contributed by atoms with Gasteiger partial charge in [-0.25, -0.2) is 0 Å². The molecule has 1 aromatic carbocycles. The summed E-state index contributed by atoms with van der Waals surface area (Å²) in [5.74, 6) is 1.04. The normalized spacial score (nSPS) is 14.3. The van der Waals surface area contributed by atoms with Crippen LogP contribution in [-0.4, -0.2) is 75.0 Å². The van der Waals surface area contributed by atoms with Gasteiger partial charge in [-0.2, -0.15) is 0 Å². The van der Waals surface area contributed by atoms with Gasteiger partial charge in [-0.1, -0.05) is 24.3 Å². The summed E-state index contributed by atoms with van der Waals surface area (Å²) >= 11 is 0. The molecule has 0 aromatic heterocycles. The van der Waals surface area contributed by atoms with Gasteiger partial charge in [-0.05, 0) is 25.0 Å². The van der Waals surface area contributed by atoms with Gasteiger partial charge in [0.15, 0.2) is 5.96 Å². The number of nitrogens with one attached hydrogen (secondary N) is 1. The van der Waals surface area contributed by atoms with Crippen LogP contribution in [0.15, 0.2) is 48.0 Å². The minimum Gasteiger partial charge on any atom is -0.368 e. The first kappa shape index (κ1) is 24.3. The lowest BCUT2D eigenvalue weighted by molar-refractivity contribution is -0.131. The van der Waals surface area contributed by atoms with Gasteiger partial charge in [0.2, 0.25) is 5.91 Å². The van der Waals surface area contributed by atoms with Crippen molar-refractivity contribution in [2.24, 2.45) is 4.99 Å². The third-order valence-corrected chi connectivity index (χ3v) is 4.85. The van der Waals surface area contributed by atoms with E-state index in [2.05, 4.69) is 51.0 Å². The number of rotatable bonds is 8. The molecular weight excluding hydrogens is 465 g/mol. The van der Waals surface area contributed by atoms with Crippen LogP contribution in [0, 0.1) is 0 Å². The standard InChI is InChI=1S/C21H33N5O.HI/c1-4-5-9-14-24(3)21(22-2)23-13-12-20(27)26-17-15-25(16-18-26)19-10-7-6-8-11-19;/h4,6-8,10-11H,1,5,9,12-18H2,2-3H3,(H,22,23);1H. The highest BCUT2D eigenvalue weighted by Crippen LogP contribution is 2.15. The third kappa shape index (κ3) is 7.69. The predicted octanol–water partition coefficient (Wildman–Crippen LogP) is 2.82. The Bertz CT molecular complexity index is 614. The van der Waals surface area contributed by atoms with E-state index in [0.717, 1.165) is 51.5 Å². The number of unbranched alkanes of at least 4 members (excludes halogenated alkanes) is 1. The van der Waals surface area contributed by atoms with Crippen molar-refractivity contribution < 1.29 is 4.79 Å². The number of anilines is 1. The lowest BCUT2D eigenvalue weighted by atomic mass is 10.2. The molecule has 7 heteroatoms. The van der Waals surface area contributed by atoms with Crippen molar-refractivity contribution in [3.63, 3.8) is 0 Å². The molecule has 0 bridgehead atoms. The molecule has 0 radical (unpaired) electrons. The Labute approximate surface area is 186 Å². The number of para-hydroxylation sites is 1. The molecular formula is C21H34IN5O. The molecule has 2 rings (SSSR count). The van der Waals surface area contributed by atoms with Gasteiger partial charge in [0.1, 0.15) is 0 Å². The Morgan fingerprint density at radius 1 is 1.25 bits per heavy atom. The van der Waals surface area contributed by atoms with Gasteiger partial charge in [0.25, 0.3) is 0 Å². The molecule has 0 spiro atoms. The molecule has 6 nitrogen and oxygen atoms in total. The van der Waals surface area contributed by atoms with Gasteiger partial charge < -0.3 is 20.0 Å². The topological polar surface area (TPSA) is 51.2 Å². The number of hydrogen-bond donors (Lipinski definition) is 1. The van der Waals surface area contributed by atoms with Crippen LogP contribution in [0.4, 0.5) is 5.69 Å². The van der Waals surface area contributed by atoms with E-state index in [0.29, 0.717) is 13.0 Å². The molecule has 0 aliphatic carbocycles. The first-order chi connectivity index (χ1) is 13.2. The van der Waals surface area contributed by atoms with Crippen LogP contribution in [0.1, 0.15) is 19.3 Å². The van der Waals surface area contributed by atoms with Crippen LogP contribution in [0.25, 0.3) is 0 Å². The zero-order chi connectivity index (χ0) is 19.5. The van der Waals surface area contributed by atoms with Gasteiger partial charge in [-0.3, -0.25) is 9.79 Å². The summed E-state index contributed by atoms with van der Waals surface area (Å²) in [4.78, 5) is 23.2. The number of nitrogens with zero attached hydrogens (tertiary/aromatic N) is 4. The second kappa shape index (κ2) is 13.4. The number of amides is 1. The number of guanidine groups is 1. The van der Waals surface area contributed by atoms with Crippen molar-refractivity contribution in [3.8, 4) is 0 Å². The average molecular weight is 499 g/mol. The molecule has 0 unspecified atom stereocenters. The smallest absolute Gasteiger partial charge is 0.224 e. The average Bonchev–Trinajstić information content (AvgIpc) is 2.72. The van der Waals surface area contributed by atoms with Gasteiger partial charge in [0, 0.05) is 65.5 Å². The lowest BCUT2D eigenvalue weighted by Crippen LogP contribution is -2.49. The maximum absolute atomic E-state index is 12.5. The van der Waals surface area contributed by atoms with Crippen molar-refractivity contribution in [1.29, 1.82) is 0 Å². The van der Waals surface area contributed by atoms with Crippen molar-refractivity contribution in [2.75, 3.05) is 58.3 Å². The monoisotopic (exact) mass is 499 g/mol. The summed E-state index contributed by atoms with van der Waals surface area (Å²) in [5, 5.41) is 3.29.